The van der Waals surface area contributed by atoms with E-state index >= 15 is 0 Å². The van der Waals surface area contributed by atoms with Crippen LogP contribution >= 0.6 is 22.9 Å². The number of hydrogen-bond donors (Lipinski definition) is 1. The Kier molecular flexibility index (Phi) is 4.89. The number of likely N-dealkylation sites (N-methyl/N-ethyl adjacent to an activating group) is 1. The molecule has 0 spiro atoms. The lowest BCUT2D eigenvalue weighted by Crippen LogP contribution is -2.31. The summed E-state index contributed by atoms with van der Waals surface area (Å²) < 4.78 is 0. The van der Waals surface area contributed by atoms with Gasteiger partial charge in [0.05, 0.1) is 6.10 Å². The molecule has 0 bridgehead atoms. The topological polar surface area (TPSA) is 23.5 Å². The maximum Gasteiger partial charge on any atom is 0.0802 e. The molecule has 1 aromatic rings. The van der Waals surface area contributed by atoms with Crippen molar-refractivity contribution in [3.05, 3.63) is 22.4 Å². The van der Waals surface area contributed by atoms with Crippen LogP contribution in [0.2, 0.25) is 0 Å². The third-order valence-electron chi connectivity index (χ3n) is 2.29. The zero-order valence-electron chi connectivity index (χ0n) is 8.48. The summed E-state index contributed by atoms with van der Waals surface area (Å²) in [6.07, 6.45) is -0.441. The fourth-order valence-electron chi connectivity index (χ4n) is 1.29. The molecule has 80 valence electrons. The Balaban J connectivity index is 2.48. The van der Waals surface area contributed by atoms with E-state index in [1.54, 1.807) is 11.3 Å². The van der Waals surface area contributed by atoms with Gasteiger partial charge < -0.3 is 5.11 Å². The Morgan fingerprint density at radius 3 is 2.86 bits per heavy atom. The van der Waals surface area contributed by atoms with E-state index < -0.39 is 6.10 Å². The lowest BCUT2D eigenvalue weighted by atomic mass is 10.2. The summed E-state index contributed by atoms with van der Waals surface area (Å²) >= 11 is 7.29. The minimum Gasteiger partial charge on any atom is -0.391 e. The van der Waals surface area contributed by atoms with Crippen LogP contribution in [0.1, 0.15) is 17.8 Å². The molecular formula is C10H16ClNOS. The zero-order chi connectivity index (χ0) is 10.6. The average Bonchev–Trinajstić information content (AvgIpc) is 2.69. The quantitative estimate of drug-likeness (QED) is 0.790. The highest BCUT2D eigenvalue weighted by Gasteiger charge is 2.15. The molecule has 0 aliphatic carbocycles. The molecule has 14 heavy (non-hydrogen) atoms. The van der Waals surface area contributed by atoms with Gasteiger partial charge in [-0.2, -0.15) is 0 Å². The molecule has 0 fully saturated rings. The summed E-state index contributed by atoms with van der Waals surface area (Å²) in [6.45, 7) is 2.75. The van der Waals surface area contributed by atoms with Gasteiger partial charge in [-0.15, -0.1) is 22.9 Å². The number of thiophene rings is 1. The Labute approximate surface area is 94.1 Å². The standard InChI is InChI=1S/C10H16ClNOS/c1-8(10-4-3-5-14-10)12(2)7-9(13)6-11/h3-5,8-9,13H,6-7H2,1-2H3. The van der Waals surface area contributed by atoms with Gasteiger partial charge in [-0.1, -0.05) is 6.07 Å². The summed E-state index contributed by atoms with van der Waals surface area (Å²) in [6, 6.07) is 4.49. The van der Waals surface area contributed by atoms with Crippen molar-refractivity contribution in [2.75, 3.05) is 19.5 Å². The van der Waals surface area contributed by atoms with Crippen molar-refractivity contribution >= 4 is 22.9 Å². The highest BCUT2D eigenvalue weighted by molar-refractivity contribution is 7.10. The van der Waals surface area contributed by atoms with Crippen LogP contribution in [0.3, 0.4) is 0 Å². The van der Waals surface area contributed by atoms with Crippen molar-refractivity contribution in [2.45, 2.75) is 19.1 Å². The predicted molar refractivity (Wildman–Crippen MR) is 62.1 cm³/mol. The normalized spacial score (nSPS) is 15.8. The van der Waals surface area contributed by atoms with Crippen molar-refractivity contribution in [1.29, 1.82) is 0 Å². The second kappa shape index (κ2) is 5.71. The number of aliphatic hydroxyl groups is 1. The number of nitrogens with zero attached hydrogens (tertiary/aromatic N) is 1. The Morgan fingerprint density at radius 1 is 1.64 bits per heavy atom. The lowest BCUT2D eigenvalue weighted by Gasteiger charge is -2.25. The van der Waals surface area contributed by atoms with Crippen molar-refractivity contribution in [3.63, 3.8) is 0 Å². The monoisotopic (exact) mass is 233 g/mol. The molecule has 2 nitrogen and oxygen atoms in total. The van der Waals surface area contributed by atoms with Crippen LogP contribution in [0.15, 0.2) is 17.5 Å². The second-order valence-corrected chi connectivity index (χ2v) is 4.73. The lowest BCUT2D eigenvalue weighted by molar-refractivity contribution is 0.125. The molecule has 0 amide bonds. The molecule has 0 aliphatic rings. The van der Waals surface area contributed by atoms with Crippen molar-refractivity contribution in [2.24, 2.45) is 0 Å². The minimum atomic E-state index is -0.441. The van der Waals surface area contributed by atoms with Gasteiger partial charge in [0.1, 0.15) is 0 Å². The van der Waals surface area contributed by atoms with Crippen LogP contribution in [0, 0.1) is 0 Å². The van der Waals surface area contributed by atoms with Gasteiger partial charge >= 0.3 is 0 Å². The van der Waals surface area contributed by atoms with Crippen LogP contribution in [-0.4, -0.2) is 35.6 Å². The Morgan fingerprint density at radius 2 is 2.36 bits per heavy atom. The van der Waals surface area contributed by atoms with Crippen LogP contribution in [0.5, 0.6) is 0 Å². The number of halogens is 1. The largest absolute Gasteiger partial charge is 0.391 e. The third kappa shape index (κ3) is 3.24. The summed E-state index contributed by atoms with van der Waals surface area (Å²) in [5.74, 6) is 0.293. The summed E-state index contributed by atoms with van der Waals surface area (Å²) in [5, 5.41) is 11.5. The molecule has 1 aromatic heterocycles. The van der Waals surface area contributed by atoms with Gasteiger partial charge in [0.15, 0.2) is 0 Å². The van der Waals surface area contributed by atoms with E-state index in [9.17, 15) is 5.11 Å². The molecule has 4 heteroatoms. The highest BCUT2D eigenvalue weighted by Crippen LogP contribution is 2.23. The molecule has 1 rings (SSSR count). The van der Waals surface area contributed by atoms with Crippen molar-refractivity contribution in [1.82, 2.24) is 4.90 Å². The van der Waals surface area contributed by atoms with Crippen LogP contribution in [0.25, 0.3) is 0 Å². The fourth-order valence-corrected chi connectivity index (χ4v) is 2.23. The number of hydrogen-bond acceptors (Lipinski definition) is 3. The molecule has 2 unspecified atom stereocenters. The number of alkyl halides is 1. The smallest absolute Gasteiger partial charge is 0.0802 e. The van der Waals surface area contributed by atoms with Gasteiger partial charge in [0.2, 0.25) is 0 Å². The van der Waals surface area contributed by atoms with E-state index in [1.807, 2.05) is 13.1 Å². The first kappa shape index (κ1) is 12.0. The minimum absolute atomic E-state index is 0.293. The summed E-state index contributed by atoms with van der Waals surface area (Å²) in [7, 11) is 2.00. The predicted octanol–water partition coefficient (Wildman–Crippen LogP) is 2.34. The van der Waals surface area contributed by atoms with E-state index in [2.05, 4.69) is 23.3 Å². The molecule has 0 aromatic carbocycles. The SMILES string of the molecule is CC(c1cccs1)N(C)CC(O)CCl. The number of rotatable bonds is 5. The van der Waals surface area contributed by atoms with E-state index in [4.69, 9.17) is 11.6 Å². The van der Waals surface area contributed by atoms with Crippen LogP contribution in [0.4, 0.5) is 0 Å². The molecular weight excluding hydrogens is 218 g/mol. The van der Waals surface area contributed by atoms with E-state index in [1.165, 1.54) is 4.88 Å². The van der Waals surface area contributed by atoms with E-state index in [-0.39, 0.29) is 0 Å². The Bertz CT molecular complexity index is 253. The third-order valence-corrected chi connectivity index (χ3v) is 3.69. The summed E-state index contributed by atoms with van der Waals surface area (Å²) in [5.41, 5.74) is 0. The van der Waals surface area contributed by atoms with Crippen molar-refractivity contribution in [3.8, 4) is 0 Å². The van der Waals surface area contributed by atoms with E-state index in [0.29, 0.717) is 18.5 Å². The zero-order valence-corrected chi connectivity index (χ0v) is 10.1. The molecule has 2 atom stereocenters. The first-order chi connectivity index (χ1) is 6.65. The fraction of sp³-hybridized carbons (Fsp3) is 0.600. The molecule has 0 saturated heterocycles. The first-order valence-corrected chi connectivity index (χ1v) is 6.04. The molecule has 0 saturated carbocycles. The van der Waals surface area contributed by atoms with Gasteiger partial charge in [-0.3, -0.25) is 4.90 Å². The maximum atomic E-state index is 9.40. The van der Waals surface area contributed by atoms with Gasteiger partial charge in [0.25, 0.3) is 0 Å². The van der Waals surface area contributed by atoms with Gasteiger partial charge in [-0.05, 0) is 25.4 Å². The Hall–Kier alpha value is -0.0900. The molecule has 0 radical (unpaired) electrons. The second-order valence-electron chi connectivity index (χ2n) is 3.44. The molecule has 0 aliphatic heterocycles. The van der Waals surface area contributed by atoms with Crippen LogP contribution in [-0.2, 0) is 0 Å². The van der Waals surface area contributed by atoms with E-state index in [0.717, 1.165) is 0 Å². The first-order valence-electron chi connectivity index (χ1n) is 4.62. The van der Waals surface area contributed by atoms with Crippen molar-refractivity contribution < 1.29 is 5.11 Å². The summed E-state index contributed by atoms with van der Waals surface area (Å²) in [4.78, 5) is 3.42. The highest BCUT2D eigenvalue weighted by atomic mass is 35.5. The molecule has 1 N–H and O–H groups in total. The van der Waals surface area contributed by atoms with Gasteiger partial charge in [0, 0.05) is 23.3 Å². The van der Waals surface area contributed by atoms with Gasteiger partial charge in [-0.25, -0.2) is 0 Å². The molecule has 1 heterocycles. The maximum absolute atomic E-state index is 9.40. The average molecular weight is 234 g/mol. The number of aliphatic hydroxyl groups excluding tert-OH is 1. The van der Waals surface area contributed by atoms with Crippen LogP contribution < -0.4 is 0 Å².